The van der Waals surface area contributed by atoms with Crippen LogP contribution in [0.1, 0.15) is 22.3 Å². The SMILES string of the molecule is N#CC(C=Cc1ccc(Cc2ccc(C=CC(C#N)=NO)cc2)cc1)=NO. The average molecular weight is 356 g/mol. The maximum Gasteiger partial charge on any atom is 0.179 e. The maximum absolute atomic E-state index is 8.69. The fourth-order valence-electron chi connectivity index (χ4n) is 2.27. The van der Waals surface area contributed by atoms with E-state index >= 15 is 0 Å². The molecule has 0 aromatic heterocycles. The van der Waals surface area contributed by atoms with Crippen LogP contribution < -0.4 is 0 Å². The standard InChI is InChI=1S/C21H16N4O2/c22-14-20(24-26)11-9-16-1-5-18(6-2-16)13-19-7-3-17(4-8-19)10-12-21(15-23)25-27/h1-12,26-27H,13H2. The highest BCUT2D eigenvalue weighted by molar-refractivity contribution is 6.09. The Morgan fingerprint density at radius 1 is 0.741 bits per heavy atom. The fourth-order valence-corrected chi connectivity index (χ4v) is 2.27. The molecule has 27 heavy (non-hydrogen) atoms. The van der Waals surface area contributed by atoms with Crippen LogP contribution >= 0.6 is 0 Å². The lowest BCUT2D eigenvalue weighted by molar-refractivity contribution is 0.320. The summed E-state index contributed by atoms with van der Waals surface area (Å²) in [5.41, 5.74) is 3.95. The molecule has 2 rings (SSSR count). The number of oxime groups is 2. The van der Waals surface area contributed by atoms with Gasteiger partial charge in [-0.15, -0.1) is 0 Å². The van der Waals surface area contributed by atoms with Crippen LogP contribution in [0.5, 0.6) is 0 Å². The Kier molecular flexibility index (Phi) is 7.08. The largest absolute Gasteiger partial charge is 0.410 e. The molecule has 0 aliphatic carbocycles. The van der Waals surface area contributed by atoms with Crippen molar-refractivity contribution < 1.29 is 10.4 Å². The molecule has 0 unspecified atom stereocenters. The summed E-state index contributed by atoms with van der Waals surface area (Å²) >= 11 is 0. The van der Waals surface area contributed by atoms with Gasteiger partial charge in [-0.05, 0) is 40.8 Å². The van der Waals surface area contributed by atoms with Crippen LogP contribution in [0.25, 0.3) is 12.2 Å². The molecule has 132 valence electrons. The highest BCUT2D eigenvalue weighted by Gasteiger charge is 1.98. The molecule has 2 aromatic rings. The van der Waals surface area contributed by atoms with Crippen LogP contribution in [0, 0.1) is 22.7 Å². The molecule has 0 fully saturated rings. The van der Waals surface area contributed by atoms with Gasteiger partial charge in [0, 0.05) is 0 Å². The minimum Gasteiger partial charge on any atom is -0.410 e. The second kappa shape index (κ2) is 9.97. The van der Waals surface area contributed by atoms with Crippen molar-refractivity contribution in [2.75, 3.05) is 0 Å². The molecule has 0 radical (unpaired) electrons. The zero-order valence-corrected chi connectivity index (χ0v) is 14.3. The van der Waals surface area contributed by atoms with Crippen molar-refractivity contribution in [1.29, 1.82) is 10.5 Å². The first kappa shape index (κ1) is 19.2. The molecular weight excluding hydrogens is 340 g/mol. The van der Waals surface area contributed by atoms with E-state index in [1.807, 2.05) is 48.5 Å². The van der Waals surface area contributed by atoms with Crippen LogP contribution in [0.4, 0.5) is 0 Å². The van der Waals surface area contributed by atoms with E-state index in [-0.39, 0.29) is 11.4 Å². The lowest BCUT2D eigenvalue weighted by Gasteiger charge is -2.03. The summed E-state index contributed by atoms with van der Waals surface area (Å²) in [5.74, 6) is 0. The molecule has 6 nitrogen and oxygen atoms in total. The minimum atomic E-state index is -0.0552. The van der Waals surface area contributed by atoms with E-state index in [9.17, 15) is 0 Å². The highest BCUT2D eigenvalue weighted by atomic mass is 16.4. The van der Waals surface area contributed by atoms with Crippen molar-refractivity contribution >= 4 is 23.6 Å². The number of rotatable bonds is 6. The van der Waals surface area contributed by atoms with Gasteiger partial charge in [-0.25, -0.2) is 0 Å². The third kappa shape index (κ3) is 6.00. The zero-order chi connectivity index (χ0) is 19.5. The van der Waals surface area contributed by atoms with Crippen molar-refractivity contribution in [1.82, 2.24) is 0 Å². The quantitative estimate of drug-likeness (QED) is 0.462. The molecule has 0 saturated carbocycles. The first-order chi connectivity index (χ1) is 13.2. The van der Waals surface area contributed by atoms with E-state index in [0.717, 1.165) is 28.7 Å². The Bertz CT molecular complexity index is 889. The van der Waals surface area contributed by atoms with E-state index in [2.05, 4.69) is 10.3 Å². The molecule has 0 atom stereocenters. The number of hydrogen-bond donors (Lipinski definition) is 2. The average Bonchev–Trinajstić information content (AvgIpc) is 2.72. The summed E-state index contributed by atoms with van der Waals surface area (Å²) in [7, 11) is 0. The lowest BCUT2D eigenvalue weighted by atomic mass is 10.0. The van der Waals surface area contributed by atoms with Crippen LogP contribution in [-0.2, 0) is 6.42 Å². The number of hydrogen-bond acceptors (Lipinski definition) is 6. The first-order valence-corrected chi connectivity index (χ1v) is 7.97. The molecule has 2 N–H and O–H groups in total. The molecular formula is C21H16N4O2. The third-order valence-electron chi connectivity index (χ3n) is 3.68. The van der Waals surface area contributed by atoms with E-state index in [0.29, 0.717) is 0 Å². The fraction of sp³-hybridized carbons (Fsp3) is 0.0476. The van der Waals surface area contributed by atoms with Gasteiger partial charge in [0.25, 0.3) is 0 Å². The van der Waals surface area contributed by atoms with Crippen LogP contribution in [-0.4, -0.2) is 21.8 Å². The molecule has 0 aliphatic heterocycles. The number of allylic oxidation sites excluding steroid dienone is 2. The topological polar surface area (TPSA) is 113 Å². The number of nitriles is 2. The normalized spacial score (nSPS) is 12.2. The van der Waals surface area contributed by atoms with Gasteiger partial charge in [0.15, 0.2) is 11.4 Å². The summed E-state index contributed by atoms with van der Waals surface area (Å²) in [6, 6.07) is 19.2. The number of benzene rings is 2. The van der Waals surface area contributed by atoms with E-state index in [1.165, 1.54) is 12.2 Å². The third-order valence-corrected chi connectivity index (χ3v) is 3.68. The highest BCUT2D eigenvalue weighted by Crippen LogP contribution is 2.13. The van der Waals surface area contributed by atoms with Gasteiger partial charge in [0.1, 0.15) is 12.1 Å². The Labute approximate surface area is 156 Å². The first-order valence-electron chi connectivity index (χ1n) is 7.97. The Hall–Kier alpha value is -4.16. The van der Waals surface area contributed by atoms with E-state index < -0.39 is 0 Å². The summed E-state index contributed by atoms with van der Waals surface area (Å²) in [6.45, 7) is 0. The van der Waals surface area contributed by atoms with Gasteiger partial charge < -0.3 is 10.4 Å². The Morgan fingerprint density at radius 2 is 1.11 bits per heavy atom. The molecule has 2 aromatic carbocycles. The smallest absolute Gasteiger partial charge is 0.179 e. The molecule has 0 amide bonds. The molecule has 0 heterocycles. The monoisotopic (exact) mass is 356 g/mol. The molecule has 0 aliphatic rings. The van der Waals surface area contributed by atoms with Gasteiger partial charge in [0.2, 0.25) is 0 Å². The zero-order valence-electron chi connectivity index (χ0n) is 14.3. The summed E-state index contributed by atoms with van der Waals surface area (Å²) in [5, 5.41) is 40.3. The second-order valence-electron chi connectivity index (χ2n) is 5.52. The molecule has 0 spiro atoms. The lowest BCUT2D eigenvalue weighted by Crippen LogP contribution is -1.90. The summed E-state index contributed by atoms with van der Waals surface area (Å²) in [6.07, 6.45) is 7.06. The van der Waals surface area contributed by atoms with Crippen molar-refractivity contribution in [2.45, 2.75) is 6.42 Å². The predicted molar refractivity (Wildman–Crippen MR) is 103 cm³/mol. The summed E-state index contributed by atoms with van der Waals surface area (Å²) < 4.78 is 0. The molecule has 0 bridgehead atoms. The summed E-state index contributed by atoms with van der Waals surface area (Å²) in [4.78, 5) is 0. The van der Waals surface area contributed by atoms with Crippen LogP contribution in [0.3, 0.4) is 0 Å². The van der Waals surface area contributed by atoms with Gasteiger partial charge in [0.05, 0.1) is 0 Å². The van der Waals surface area contributed by atoms with Gasteiger partial charge in [-0.1, -0.05) is 71.0 Å². The van der Waals surface area contributed by atoms with Crippen LogP contribution in [0.2, 0.25) is 0 Å². The van der Waals surface area contributed by atoms with E-state index in [4.69, 9.17) is 20.9 Å². The van der Waals surface area contributed by atoms with Crippen molar-refractivity contribution in [3.8, 4) is 12.1 Å². The van der Waals surface area contributed by atoms with Gasteiger partial charge in [-0.2, -0.15) is 10.5 Å². The van der Waals surface area contributed by atoms with Gasteiger partial charge in [-0.3, -0.25) is 0 Å². The Balaban J connectivity index is 2.01. The van der Waals surface area contributed by atoms with Crippen molar-refractivity contribution in [3.63, 3.8) is 0 Å². The maximum atomic E-state index is 8.69. The van der Waals surface area contributed by atoms with Gasteiger partial charge >= 0.3 is 0 Å². The van der Waals surface area contributed by atoms with Crippen LogP contribution in [0.15, 0.2) is 71.0 Å². The molecule has 6 heteroatoms. The molecule has 0 saturated heterocycles. The van der Waals surface area contributed by atoms with Crippen molar-refractivity contribution in [2.24, 2.45) is 10.3 Å². The minimum absolute atomic E-state index is 0.0552. The van der Waals surface area contributed by atoms with Crippen molar-refractivity contribution in [3.05, 3.63) is 82.9 Å². The second-order valence-corrected chi connectivity index (χ2v) is 5.52. The number of nitrogens with zero attached hydrogens (tertiary/aromatic N) is 4. The Morgan fingerprint density at radius 3 is 1.41 bits per heavy atom. The van der Waals surface area contributed by atoms with E-state index in [1.54, 1.807) is 24.3 Å². The predicted octanol–water partition coefficient (Wildman–Crippen LogP) is 4.01.